The molecule has 1 aliphatic carbocycles. The summed E-state index contributed by atoms with van der Waals surface area (Å²) < 4.78 is 4.63. The van der Waals surface area contributed by atoms with Crippen molar-refractivity contribution in [3.8, 4) is 0 Å². The van der Waals surface area contributed by atoms with Crippen LogP contribution in [0.2, 0.25) is 0 Å². The third-order valence-electron chi connectivity index (χ3n) is 4.44. The van der Waals surface area contributed by atoms with E-state index in [1.54, 1.807) is 0 Å². The number of thiocarbonyl (C=S) groups is 1. The molecule has 146 valence electrons. The van der Waals surface area contributed by atoms with Gasteiger partial charge < -0.3 is 15.8 Å². The van der Waals surface area contributed by atoms with Crippen molar-refractivity contribution in [2.45, 2.75) is 25.7 Å². The van der Waals surface area contributed by atoms with E-state index in [1.807, 2.05) is 0 Å². The molecule has 0 spiro atoms. The smallest absolute Gasteiger partial charge is 0.337 e. The van der Waals surface area contributed by atoms with Gasteiger partial charge in [0.2, 0.25) is 0 Å². The number of fused-ring (bicyclic) bond motifs is 1. The first-order chi connectivity index (χ1) is 13.4. The number of primary amides is 1. The third-order valence-corrected chi connectivity index (χ3v) is 5.85. The minimum absolute atomic E-state index is 0.0724. The van der Waals surface area contributed by atoms with Crippen LogP contribution in [0.5, 0.6) is 0 Å². The number of benzene rings is 1. The van der Waals surface area contributed by atoms with Crippen LogP contribution in [0.15, 0.2) is 24.3 Å². The van der Waals surface area contributed by atoms with Crippen molar-refractivity contribution < 1.29 is 19.1 Å². The Hall–Kier alpha value is -2.78. The second-order valence-electron chi connectivity index (χ2n) is 6.26. The summed E-state index contributed by atoms with van der Waals surface area (Å²) in [5.41, 5.74) is 7.68. The normalized spacial score (nSPS) is 12.6. The molecule has 0 atom stereocenters. The van der Waals surface area contributed by atoms with Crippen molar-refractivity contribution in [1.82, 2.24) is 5.32 Å². The first kappa shape index (κ1) is 20.0. The number of amides is 2. The average Bonchev–Trinajstić information content (AvgIpc) is 3.05. The molecule has 0 saturated carbocycles. The number of nitrogens with one attached hydrogen (secondary N) is 2. The number of anilines is 1. The van der Waals surface area contributed by atoms with E-state index >= 15 is 0 Å². The molecule has 1 aromatic heterocycles. The van der Waals surface area contributed by atoms with Crippen LogP contribution in [0.4, 0.5) is 5.00 Å². The van der Waals surface area contributed by atoms with Gasteiger partial charge in [0.15, 0.2) is 5.11 Å². The lowest BCUT2D eigenvalue weighted by molar-refractivity contribution is 0.0600. The van der Waals surface area contributed by atoms with Crippen molar-refractivity contribution >= 4 is 51.5 Å². The maximum absolute atomic E-state index is 12.4. The van der Waals surface area contributed by atoms with Gasteiger partial charge in [-0.15, -0.1) is 11.3 Å². The summed E-state index contributed by atoms with van der Waals surface area (Å²) in [6.07, 6.45) is 3.82. The van der Waals surface area contributed by atoms with Gasteiger partial charge >= 0.3 is 5.97 Å². The molecule has 0 bridgehead atoms. The standard InChI is InChI=1S/C19H19N3O4S2/c1-26-18(25)11-8-6-10(7-9-11)16(24)21-19(27)22-17-14(15(20)23)12-4-2-3-5-13(12)28-17/h6-9H,2-5H2,1H3,(H2,20,23)(H2,21,22,24,27). The quantitative estimate of drug-likeness (QED) is 0.521. The molecule has 0 unspecified atom stereocenters. The van der Waals surface area contributed by atoms with Crippen LogP contribution in [-0.4, -0.2) is 30.0 Å². The largest absolute Gasteiger partial charge is 0.465 e. The highest BCUT2D eigenvalue weighted by Gasteiger charge is 2.24. The van der Waals surface area contributed by atoms with Crippen molar-refractivity contribution in [2.24, 2.45) is 5.73 Å². The third kappa shape index (κ3) is 4.20. The molecule has 0 aliphatic heterocycles. The number of esters is 1. The second-order valence-corrected chi connectivity index (χ2v) is 7.77. The van der Waals surface area contributed by atoms with Gasteiger partial charge in [0.1, 0.15) is 5.00 Å². The molecule has 2 amide bonds. The molecule has 4 N–H and O–H groups in total. The molecular formula is C19H19N3O4S2. The monoisotopic (exact) mass is 417 g/mol. The molecule has 1 aromatic carbocycles. The number of rotatable bonds is 4. The molecule has 0 fully saturated rings. The Bertz CT molecular complexity index is 951. The highest BCUT2D eigenvalue weighted by molar-refractivity contribution is 7.80. The van der Waals surface area contributed by atoms with E-state index in [-0.39, 0.29) is 5.11 Å². The molecule has 2 aromatic rings. The fraction of sp³-hybridized carbons (Fsp3) is 0.263. The lowest BCUT2D eigenvalue weighted by Gasteiger charge is -2.11. The Kier molecular flexibility index (Phi) is 6.05. The molecule has 3 rings (SSSR count). The van der Waals surface area contributed by atoms with Crippen LogP contribution in [0.3, 0.4) is 0 Å². The van der Waals surface area contributed by atoms with Crippen LogP contribution in [0.25, 0.3) is 0 Å². The zero-order valence-electron chi connectivity index (χ0n) is 15.2. The predicted molar refractivity (Wildman–Crippen MR) is 111 cm³/mol. The van der Waals surface area contributed by atoms with Gasteiger partial charge in [-0.2, -0.15) is 0 Å². The zero-order valence-corrected chi connectivity index (χ0v) is 16.8. The van der Waals surface area contributed by atoms with Crippen molar-refractivity contribution in [1.29, 1.82) is 0 Å². The molecule has 0 radical (unpaired) electrons. The summed E-state index contributed by atoms with van der Waals surface area (Å²) in [6, 6.07) is 6.00. The number of hydrogen-bond donors (Lipinski definition) is 3. The lowest BCUT2D eigenvalue weighted by atomic mass is 9.95. The highest BCUT2D eigenvalue weighted by atomic mass is 32.1. The lowest BCUT2D eigenvalue weighted by Crippen LogP contribution is -2.34. The number of nitrogens with two attached hydrogens (primary N) is 1. The number of carbonyl (C=O) groups is 3. The Morgan fingerprint density at radius 1 is 1.11 bits per heavy atom. The highest BCUT2D eigenvalue weighted by Crippen LogP contribution is 2.37. The van der Waals surface area contributed by atoms with Gasteiger partial charge in [0, 0.05) is 10.4 Å². The summed E-state index contributed by atoms with van der Waals surface area (Å²) >= 11 is 6.67. The Morgan fingerprint density at radius 2 is 1.75 bits per heavy atom. The van der Waals surface area contributed by atoms with E-state index in [9.17, 15) is 14.4 Å². The van der Waals surface area contributed by atoms with E-state index in [4.69, 9.17) is 18.0 Å². The Morgan fingerprint density at radius 3 is 2.39 bits per heavy atom. The number of hydrogen-bond acceptors (Lipinski definition) is 6. The number of thiophene rings is 1. The first-order valence-corrected chi connectivity index (χ1v) is 9.88. The SMILES string of the molecule is COC(=O)c1ccc(C(=O)NC(=S)Nc2sc3c(c2C(N)=O)CCCC3)cc1. The predicted octanol–water partition coefficient (Wildman–Crippen LogP) is 2.64. The van der Waals surface area contributed by atoms with Crippen molar-refractivity contribution in [2.75, 3.05) is 12.4 Å². The zero-order chi connectivity index (χ0) is 20.3. The molecule has 1 aliphatic rings. The molecule has 9 heteroatoms. The van der Waals surface area contributed by atoms with Gasteiger partial charge in [0.25, 0.3) is 11.8 Å². The van der Waals surface area contributed by atoms with Crippen LogP contribution in [-0.2, 0) is 17.6 Å². The summed E-state index contributed by atoms with van der Waals surface area (Å²) in [7, 11) is 1.29. The fourth-order valence-electron chi connectivity index (χ4n) is 3.10. The van der Waals surface area contributed by atoms with Gasteiger partial charge in [-0.05, 0) is 67.7 Å². The molecule has 0 saturated heterocycles. The summed E-state index contributed by atoms with van der Waals surface area (Å²) in [5.74, 6) is -1.42. The summed E-state index contributed by atoms with van der Waals surface area (Å²) in [4.78, 5) is 36.9. The number of ether oxygens (including phenoxy) is 1. The maximum Gasteiger partial charge on any atom is 0.337 e. The Balaban J connectivity index is 1.70. The average molecular weight is 418 g/mol. The first-order valence-electron chi connectivity index (χ1n) is 8.65. The van der Waals surface area contributed by atoms with Gasteiger partial charge in [-0.1, -0.05) is 0 Å². The number of carbonyl (C=O) groups excluding carboxylic acids is 3. The summed E-state index contributed by atoms with van der Waals surface area (Å²) in [5, 5.41) is 6.14. The van der Waals surface area contributed by atoms with Gasteiger partial charge in [0.05, 0.1) is 18.2 Å². The van der Waals surface area contributed by atoms with E-state index < -0.39 is 17.8 Å². The van der Waals surface area contributed by atoms with Crippen LogP contribution >= 0.6 is 23.6 Å². The van der Waals surface area contributed by atoms with Gasteiger partial charge in [-0.3, -0.25) is 14.9 Å². The van der Waals surface area contributed by atoms with Gasteiger partial charge in [-0.25, -0.2) is 4.79 Å². The minimum atomic E-state index is -0.505. The van der Waals surface area contributed by atoms with Crippen molar-refractivity contribution in [3.05, 3.63) is 51.4 Å². The van der Waals surface area contributed by atoms with Crippen LogP contribution < -0.4 is 16.4 Å². The van der Waals surface area contributed by atoms with Crippen LogP contribution in [0.1, 0.15) is 54.4 Å². The van der Waals surface area contributed by atoms with Crippen molar-refractivity contribution in [3.63, 3.8) is 0 Å². The topological polar surface area (TPSA) is 111 Å². The van der Waals surface area contributed by atoms with E-state index in [0.29, 0.717) is 21.7 Å². The maximum atomic E-state index is 12.4. The molecule has 28 heavy (non-hydrogen) atoms. The molecule has 7 nitrogen and oxygen atoms in total. The molecular weight excluding hydrogens is 398 g/mol. The van der Waals surface area contributed by atoms with E-state index in [0.717, 1.165) is 36.1 Å². The van der Waals surface area contributed by atoms with E-state index in [2.05, 4.69) is 15.4 Å². The molecule has 1 heterocycles. The fourth-order valence-corrected chi connectivity index (χ4v) is 4.66. The van der Waals surface area contributed by atoms with E-state index in [1.165, 1.54) is 42.7 Å². The second kappa shape index (κ2) is 8.49. The summed E-state index contributed by atoms with van der Waals surface area (Å²) in [6.45, 7) is 0. The number of methoxy groups -OCH3 is 1. The Labute approximate surface area is 171 Å². The van der Waals surface area contributed by atoms with Crippen LogP contribution in [0, 0.1) is 0 Å². The minimum Gasteiger partial charge on any atom is -0.465 e. The number of aryl methyl sites for hydroxylation is 1.